The molecule has 0 atom stereocenters. The molecule has 4 rings (SSSR count). The van der Waals surface area contributed by atoms with Crippen LogP contribution in [0.2, 0.25) is 0 Å². The zero-order valence-electron chi connectivity index (χ0n) is 15.8. The number of likely N-dealkylation sites (tertiary alicyclic amines) is 1. The number of halogens is 3. The lowest BCUT2D eigenvalue weighted by molar-refractivity contribution is -0.137. The zero-order chi connectivity index (χ0) is 20.3. The van der Waals surface area contributed by atoms with Crippen molar-refractivity contribution in [2.24, 2.45) is 0 Å². The fourth-order valence-corrected chi connectivity index (χ4v) is 3.67. The molecule has 0 bridgehead atoms. The van der Waals surface area contributed by atoms with Gasteiger partial charge in [-0.05, 0) is 28.8 Å². The van der Waals surface area contributed by atoms with Gasteiger partial charge in [-0.25, -0.2) is 0 Å². The molecule has 0 aliphatic carbocycles. The molecule has 0 radical (unpaired) electrons. The van der Waals surface area contributed by atoms with Gasteiger partial charge in [0.2, 0.25) is 0 Å². The van der Waals surface area contributed by atoms with Gasteiger partial charge in [-0.1, -0.05) is 72.8 Å². The molecule has 1 fully saturated rings. The Balaban J connectivity index is 1.36. The Labute approximate surface area is 168 Å². The highest BCUT2D eigenvalue weighted by Crippen LogP contribution is 2.33. The molecule has 3 aromatic carbocycles. The minimum atomic E-state index is -4.31. The predicted molar refractivity (Wildman–Crippen MR) is 106 cm³/mol. The van der Waals surface area contributed by atoms with E-state index in [9.17, 15) is 13.2 Å². The van der Waals surface area contributed by atoms with Gasteiger partial charge in [-0.15, -0.1) is 0 Å². The third-order valence-electron chi connectivity index (χ3n) is 5.24. The molecule has 0 amide bonds. The first-order chi connectivity index (χ1) is 14.0. The van der Waals surface area contributed by atoms with Crippen LogP contribution in [0.5, 0.6) is 0 Å². The van der Waals surface area contributed by atoms with Gasteiger partial charge in [0.25, 0.3) is 0 Å². The number of rotatable bonds is 6. The number of benzene rings is 3. The van der Waals surface area contributed by atoms with Gasteiger partial charge < -0.3 is 4.74 Å². The summed E-state index contributed by atoms with van der Waals surface area (Å²) in [4.78, 5) is 2.36. The van der Waals surface area contributed by atoms with E-state index in [-0.39, 0.29) is 12.1 Å². The fraction of sp³-hybridized carbons (Fsp3) is 0.250. The normalized spacial score (nSPS) is 15.4. The largest absolute Gasteiger partial charge is 0.416 e. The van der Waals surface area contributed by atoms with E-state index in [4.69, 9.17) is 4.74 Å². The van der Waals surface area contributed by atoms with Crippen molar-refractivity contribution in [3.05, 3.63) is 107 Å². The lowest BCUT2D eigenvalue weighted by Gasteiger charge is -2.44. The highest BCUT2D eigenvalue weighted by atomic mass is 19.4. The Bertz CT molecular complexity index is 865. The Morgan fingerprint density at radius 3 is 1.79 bits per heavy atom. The zero-order valence-corrected chi connectivity index (χ0v) is 15.8. The van der Waals surface area contributed by atoms with Crippen LogP contribution in [0, 0.1) is 0 Å². The molecular weight excluding hydrogens is 375 g/mol. The van der Waals surface area contributed by atoms with Gasteiger partial charge in [-0.3, -0.25) is 4.90 Å². The topological polar surface area (TPSA) is 12.5 Å². The number of hydrogen-bond acceptors (Lipinski definition) is 2. The van der Waals surface area contributed by atoms with E-state index < -0.39 is 11.7 Å². The van der Waals surface area contributed by atoms with Crippen LogP contribution >= 0.6 is 0 Å². The monoisotopic (exact) mass is 397 g/mol. The van der Waals surface area contributed by atoms with Crippen LogP contribution in [0.3, 0.4) is 0 Å². The van der Waals surface area contributed by atoms with Gasteiger partial charge >= 0.3 is 6.18 Å². The maximum absolute atomic E-state index is 12.7. The van der Waals surface area contributed by atoms with Crippen molar-refractivity contribution in [2.45, 2.75) is 24.9 Å². The second-order valence-electron chi connectivity index (χ2n) is 7.31. The van der Waals surface area contributed by atoms with E-state index in [1.807, 2.05) is 36.4 Å². The van der Waals surface area contributed by atoms with Crippen LogP contribution in [0.1, 0.15) is 28.3 Å². The average Bonchev–Trinajstić information content (AvgIpc) is 2.70. The smallest absolute Gasteiger partial charge is 0.371 e. The molecule has 0 saturated carbocycles. The Hall–Kier alpha value is -2.63. The van der Waals surface area contributed by atoms with E-state index >= 15 is 0 Å². The maximum atomic E-state index is 12.7. The van der Waals surface area contributed by atoms with Gasteiger partial charge in [0.15, 0.2) is 0 Å². The highest BCUT2D eigenvalue weighted by molar-refractivity contribution is 5.32. The highest BCUT2D eigenvalue weighted by Gasteiger charge is 2.34. The van der Waals surface area contributed by atoms with E-state index in [0.717, 1.165) is 30.8 Å². The summed E-state index contributed by atoms with van der Waals surface area (Å²) in [6.07, 6.45) is -4.23. The Morgan fingerprint density at radius 2 is 1.31 bits per heavy atom. The first kappa shape index (κ1) is 19.7. The standard InChI is InChI=1S/C24H22F3NO/c25-24(26,27)21-13-11-18(12-14-21)17-29-22-15-28(16-22)23(19-7-3-1-4-8-19)20-9-5-2-6-10-20/h1-14,22-23H,15-17H2. The summed E-state index contributed by atoms with van der Waals surface area (Å²) in [6, 6.07) is 26.1. The van der Waals surface area contributed by atoms with Crippen molar-refractivity contribution in [1.29, 1.82) is 0 Å². The van der Waals surface area contributed by atoms with Crippen LogP contribution in [0.25, 0.3) is 0 Å². The average molecular weight is 397 g/mol. The van der Waals surface area contributed by atoms with Crippen LogP contribution in [0.4, 0.5) is 13.2 Å². The lowest BCUT2D eigenvalue weighted by atomic mass is 9.94. The summed E-state index contributed by atoms with van der Waals surface area (Å²) >= 11 is 0. The third-order valence-corrected chi connectivity index (χ3v) is 5.24. The first-order valence-electron chi connectivity index (χ1n) is 9.62. The molecule has 3 aromatic rings. The van der Waals surface area contributed by atoms with E-state index in [2.05, 4.69) is 29.2 Å². The molecule has 1 saturated heterocycles. The van der Waals surface area contributed by atoms with Crippen LogP contribution in [0.15, 0.2) is 84.9 Å². The third kappa shape index (κ3) is 4.69. The molecule has 0 spiro atoms. The molecule has 1 aliphatic rings. The Kier molecular flexibility index (Phi) is 5.69. The van der Waals surface area contributed by atoms with E-state index in [1.54, 1.807) is 0 Å². The molecule has 0 aromatic heterocycles. The van der Waals surface area contributed by atoms with Crippen LogP contribution in [-0.2, 0) is 17.5 Å². The summed E-state index contributed by atoms with van der Waals surface area (Å²) in [6.45, 7) is 1.89. The molecule has 0 N–H and O–H groups in total. The summed E-state index contributed by atoms with van der Waals surface area (Å²) in [5.74, 6) is 0. The molecular formula is C24H22F3NO. The van der Waals surface area contributed by atoms with Crippen molar-refractivity contribution in [3.63, 3.8) is 0 Å². The molecule has 150 valence electrons. The van der Waals surface area contributed by atoms with Gasteiger partial charge in [0.1, 0.15) is 0 Å². The summed E-state index contributed by atoms with van der Waals surface area (Å²) in [5, 5.41) is 0. The van der Waals surface area contributed by atoms with Crippen LogP contribution in [-0.4, -0.2) is 24.1 Å². The molecule has 2 nitrogen and oxygen atoms in total. The molecule has 1 aliphatic heterocycles. The van der Waals surface area contributed by atoms with Crippen molar-refractivity contribution < 1.29 is 17.9 Å². The predicted octanol–water partition coefficient (Wildman–Crippen LogP) is 5.70. The van der Waals surface area contributed by atoms with Crippen molar-refractivity contribution in [3.8, 4) is 0 Å². The van der Waals surface area contributed by atoms with Gasteiger partial charge in [-0.2, -0.15) is 13.2 Å². The van der Waals surface area contributed by atoms with Crippen molar-refractivity contribution in [1.82, 2.24) is 4.90 Å². The molecule has 29 heavy (non-hydrogen) atoms. The van der Waals surface area contributed by atoms with Crippen molar-refractivity contribution >= 4 is 0 Å². The molecule has 5 heteroatoms. The number of hydrogen-bond donors (Lipinski definition) is 0. The minimum absolute atomic E-state index is 0.0761. The number of nitrogens with zero attached hydrogens (tertiary/aromatic N) is 1. The van der Waals surface area contributed by atoms with E-state index in [0.29, 0.717) is 6.61 Å². The number of ether oxygens (including phenoxy) is 1. The second-order valence-corrected chi connectivity index (χ2v) is 7.31. The minimum Gasteiger partial charge on any atom is -0.371 e. The first-order valence-corrected chi connectivity index (χ1v) is 9.62. The second kappa shape index (κ2) is 8.39. The SMILES string of the molecule is FC(F)(F)c1ccc(COC2CN(C(c3ccccc3)c3ccccc3)C2)cc1. The quantitative estimate of drug-likeness (QED) is 0.529. The summed E-state index contributed by atoms with van der Waals surface area (Å²) in [7, 11) is 0. The van der Waals surface area contributed by atoms with Crippen molar-refractivity contribution in [2.75, 3.05) is 13.1 Å². The molecule has 0 unspecified atom stereocenters. The summed E-state index contributed by atoms with van der Waals surface area (Å²) in [5.41, 5.74) is 2.59. The maximum Gasteiger partial charge on any atom is 0.416 e. The van der Waals surface area contributed by atoms with Gasteiger partial charge in [0, 0.05) is 13.1 Å². The van der Waals surface area contributed by atoms with E-state index in [1.165, 1.54) is 23.3 Å². The Morgan fingerprint density at radius 1 is 0.793 bits per heavy atom. The van der Waals surface area contributed by atoms with Crippen LogP contribution < -0.4 is 0 Å². The molecule has 1 heterocycles. The fourth-order valence-electron chi connectivity index (χ4n) is 3.67. The lowest BCUT2D eigenvalue weighted by Crippen LogP contribution is -2.53. The summed E-state index contributed by atoms with van der Waals surface area (Å²) < 4.78 is 43.9. The number of alkyl halides is 3. The van der Waals surface area contributed by atoms with Gasteiger partial charge in [0.05, 0.1) is 24.3 Å².